The summed E-state index contributed by atoms with van der Waals surface area (Å²) in [6.45, 7) is 0.714. The van der Waals surface area contributed by atoms with Crippen molar-refractivity contribution < 1.29 is 14.3 Å². The van der Waals surface area contributed by atoms with Crippen molar-refractivity contribution in [2.75, 3.05) is 13.2 Å². The van der Waals surface area contributed by atoms with Gasteiger partial charge in [-0.2, -0.15) is 0 Å². The highest BCUT2D eigenvalue weighted by atomic mass is 35.5. The summed E-state index contributed by atoms with van der Waals surface area (Å²) in [6, 6.07) is 15.2. The van der Waals surface area contributed by atoms with Crippen LogP contribution < -0.4 is 15.5 Å². The molecule has 0 amide bonds. The molecule has 172 valence electrons. The minimum absolute atomic E-state index is 0. The van der Waals surface area contributed by atoms with Gasteiger partial charge in [0.25, 0.3) is 0 Å². The first-order valence-corrected chi connectivity index (χ1v) is 11.4. The van der Waals surface area contributed by atoms with Crippen LogP contribution in [0, 0.1) is 0 Å². The second-order valence-electron chi connectivity index (χ2n) is 8.42. The number of aliphatic hydroxyl groups excluding tert-OH is 1. The van der Waals surface area contributed by atoms with Crippen LogP contribution in [0.15, 0.2) is 64.0 Å². The normalized spacial score (nSPS) is 16.0. The summed E-state index contributed by atoms with van der Waals surface area (Å²) in [4.78, 5) is 12.8. The maximum atomic E-state index is 12.8. The molecule has 2 N–H and O–H groups in total. The zero-order chi connectivity index (χ0) is 21.5. The van der Waals surface area contributed by atoms with E-state index in [4.69, 9.17) is 9.15 Å². The molecule has 5 nitrogen and oxygen atoms in total. The van der Waals surface area contributed by atoms with E-state index >= 15 is 0 Å². The first kappa shape index (κ1) is 24.3. The van der Waals surface area contributed by atoms with E-state index < -0.39 is 6.10 Å². The average molecular weight is 458 g/mol. The lowest BCUT2D eigenvalue weighted by molar-refractivity contribution is 0.102. The van der Waals surface area contributed by atoms with E-state index in [1.807, 2.05) is 30.3 Å². The van der Waals surface area contributed by atoms with Gasteiger partial charge in [-0.15, -0.1) is 12.4 Å². The molecule has 6 heteroatoms. The van der Waals surface area contributed by atoms with Gasteiger partial charge < -0.3 is 19.6 Å². The molecule has 1 unspecified atom stereocenters. The first-order chi connectivity index (χ1) is 15.2. The lowest BCUT2D eigenvalue weighted by Gasteiger charge is -2.22. The zero-order valence-corrected chi connectivity index (χ0v) is 19.1. The SMILES string of the molecule is Cl.O=c1c(-c2ccccc2)coc2cc(OCC(O)CNC3CCCCCCC3)ccc12. The molecule has 4 rings (SSSR count). The topological polar surface area (TPSA) is 71.7 Å². The van der Waals surface area contributed by atoms with Crippen LogP contribution in [0.25, 0.3) is 22.1 Å². The number of benzene rings is 2. The number of fused-ring (bicyclic) bond motifs is 1. The van der Waals surface area contributed by atoms with Crippen molar-refractivity contribution in [3.8, 4) is 16.9 Å². The predicted molar refractivity (Wildman–Crippen MR) is 131 cm³/mol. The third-order valence-electron chi connectivity index (χ3n) is 6.02. The van der Waals surface area contributed by atoms with Crippen molar-refractivity contribution in [2.45, 2.75) is 57.1 Å². The van der Waals surface area contributed by atoms with Gasteiger partial charge in [0.05, 0.1) is 10.9 Å². The minimum Gasteiger partial charge on any atom is -0.491 e. The Morgan fingerprint density at radius 2 is 1.75 bits per heavy atom. The molecule has 32 heavy (non-hydrogen) atoms. The Bertz CT molecular complexity index is 1030. The molecule has 1 fully saturated rings. The quantitative estimate of drug-likeness (QED) is 0.502. The predicted octanol–water partition coefficient (Wildman–Crippen LogP) is 5.32. The Kier molecular flexibility index (Phi) is 9.15. The van der Waals surface area contributed by atoms with Crippen molar-refractivity contribution in [1.29, 1.82) is 0 Å². The molecule has 1 heterocycles. The summed E-state index contributed by atoms with van der Waals surface area (Å²) in [5.41, 5.74) is 1.78. The van der Waals surface area contributed by atoms with Gasteiger partial charge in [0.15, 0.2) is 5.43 Å². The number of rotatable bonds is 7. The summed E-state index contributed by atoms with van der Waals surface area (Å²) in [5, 5.41) is 14.3. The zero-order valence-electron chi connectivity index (χ0n) is 18.3. The fraction of sp³-hybridized carbons (Fsp3) is 0.423. The van der Waals surface area contributed by atoms with E-state index in [1.165, 1.54) is 51.2 Å². The Hall–Kier alpha value is -2.34. The molecule has 0 spiro atoms. The van der Waals surface area contributed by atoms with Gasteiger partial charge in [-0.05, 0) is 30.5 Å². The van der Waals surface area contributed by atoms with Gasteiger partial charge >= 0.3 is 0 Å². The molecule has 3 aromatic rings. The van der Waals surface area contributed by atoms with E-state index in [1.54, 1.807) is 18.2 Å². The van der Waals surface area contributed by atoms with Crippen LogP contribution in [0.3, 0.4) is 0 Å². The Balaban J connectivity index is 0.00000289. The molecular formula is C26H32ClNO4. The van der Waals surface area contributed by atoms with Crippen LogP contribution in [-0.2, 0) is 0 Å². The van der Waals surface area contributed by atoms with Gasteiger partial charge in [-0.1, -0.05) is 62.4 Å². The summed E-state index contributed by atoms with van der Waals surface area (Å²) in [5.74, 6) is 0.577. The molecule has 1 aromatic heterocycles. The molecule has 1 atom stereocenters. The highest BCUT2D eigenvalue weighted by Crippen LogP contribution is 2.23. The van der Waals surface area contributed by atoms with E-state index in [0.717, 1.165) is 5.56 Å². The average Bonchev–Trinajstić information content (AvgIpc) is 2.78. The summed E-state index contributed by atoms with van der Waals surface area (Å²) >= 11 is 0. The number of ether oxygens (including phenoxy) is 1. The number of aliphatic hydroxyl groups is 1. The number of hydrogen-bond acceptors (Lipinski definition) is 5. The summed E-state index contributed by atoms with van der Waals surface area (Å²) in [7, 11) is 0. The van der Waals surface area contributed by atoms with Crippen LogP contribution in [0.5, 0.6) is 5.75 Å². The largest absolute Gasteiger partial charge is 0.491 e. The summed E-state index contributed by atoms with van der Waals surface area (Å²) < 4.78 is 11.5. The Labute approximate surface area is 195 Å². The van der Waals surface area contributed by atoms with Gasteiger partial charge in [-0.3, -0.25) is 4.79 Å². The Morgan fingerprint density at radius 3 is 2.50 bits per heavy atom. The van der Waals surface area contributed by atoms with Gasteiger partial charge in [0.1, 0.15) is 30.3 Å². The molecule has 0 bridgehead atoms. The molecule has 0 aliphatic heterocycles. The van der Waals surface area contributed by atoms with Crippen molar-refractivity contribution in [1.82, 2.24) is 5.32 Å². The monoisotopic (exact) mass is 457 g/mol. The molecule has 0 saturated heterocycles. The highest BCUT2D eigenvalue weighted by molar-refractivity contribution is 5.85. The third-order valence-corrected chi connectivity index (χ3v) is 6.02. The molecular weight excluding hydrogens is 426 g/mol. The van der Waals surface area contributed by atoms with Crippen molar-refractivity contribution in [3.63, 3.8) is 0 Å². The second-order valence-corrected chi connectivity index (χ2v) is 8.42. The van der Waals surface area contributed by atoms with Crippen LogP contribution in [0.4, 0.5) is 0 Å². The summed E-state index contributed by atoms with van der Waals surface area (Å²) in [6.07, 6.45) is 9.78. The van der Waals surface area contributed by atoms with Crippen LogP contribution in [-0.4, -0.2) is 30.4 Å². The molecule has 2 aromatic carbocycles. The number of hydrogen-bond donors (Lipinski definition) is 2. The first-order valence-electron chi connectivity index (χ1n) is 11.4. The maximum absolute atomic E-state index is 12.8. The van der Waals surface area contributed by atoms with Crippen LogP contribution in [0.2, 0.25) is 0 Å². The lowest BCUT2D eigenvalue weighted by Crippen LogP contribution is -2.38. The van der Waals surface area contributed by atoms with E-state index in [2.05, 4.69) is 5.32 Å². The minimum atomic E-state index is -0.589. The standard InChI is InChI=1S/C26H31NO4.ClH/c28-21(16-27-20-11-7-2-1-3-8-12-20)17-30-22-13-14-23-25(15-22)31-18-24(26(23)29)19-9-5-4-6-10-19;/h4-6,9-10,13-15,18,20-21,27-28H,1-3,7-8,11-12,16-17H2;1H. The molecule has 1 saturated carbocycles. The van der Waals surface area contributed by atoms with Crippen molar-refractivity contribution in [3.05, 3.63) is 65.0 Å². The molecule has 1 aliphatic rings. The third kappa shape index (κ3) is 6.35. The lowest BCUT2D eigenvalue weighted by atomic mass is 9.96. The van der Waals surface area contributed by atoms with E-state index in [0.29, 0.717) is 34.9 Å². The van der Waals surface area contributed by atoms with Crippen molar-refractivity contribution in [2.24, 2.45) is 0 Å². The molecule has 1 aliphatic carbocycles. The number of halogens is 1. The Morgan fingerprint density at radius 1 is 1.03 bits per heavy atom. The van der Waals surface area contributed by atoms with Crippen LogP contribution in [0.1, 0.15) is 44.9 Å². The smallest absolute Gasteiger partial charge is 0.200 e. The number of nitrogens with one attached hydrogen (secondary N) is 1. The fourth-order valence-corrected chi connectivity index (χ4v) is 4.23. The van der Waals surface area contributed by atoms with Gasteiger partial charge in [0, 0.05) is 18.7 Å². The van der Waals surface area contributed by atoms with Gasteiger partial charge in [0.2, 0.25) is 0 Å². The van der Waals surface area contributed by atoms with Crippen molar-refractivity contribution >= 4 is 23.4 Å². The van der Waals surface area contributed by atoms with Gasteiger partial charge in [-0.25, -0.2) is 0 Å². The fourth-order valence-electron chi connectivity index (χ4n) is 4.23. The highest BCUT2D eigenvalue weighted by Gasteiger charge is 2.14. The molecule has 0 radical (unpaired) electrons. The second kappa shape index (κ2) is 12.0. The van der Waals surface area contributed by atoms with Crippen LogP contribution >= 0.6 is 12.4 Å². The van der Waals surface area contributed by atoms with E-state index in [9.17, 15) is 9.90 Å². The van der Waals surface area contributed by atoms with E-state index in [-0.39, 0.29) is 24.4 Å². The maximum Gasteiger partial charge on any atom is 0.200 e.